The van der Waals surface area contributed by atoms with E-state index < -0.39 is 11.2 Å². The van der Waals surface area contributed by atoms with Gasteiger partial charge in [0.2, 0.25) is 5.95 Å². The fourth-order valence-corrected chi connectivity index (χ4v) is 3.98. The highest BCUT2D eigenvalue weighted by atomic mass is 16.2. The number of nitrogens with zero attached hydrogens (tertiary/aromatic N) is 8. The van der Waals surface area contributed by atoms with Crippen LogP contribution in [0.4, 0.5) is 5.95 Å². The molecule has 2 N–H and O–H groups in total. The molecule has 1 atom stereocenters. The average molecular weight is 450 g/mol. The monoisotopic (exact) mass is 449 g/mol. The average Bonchev–Trinajstić information content (AvgIpc) is 3.34. The van der Waals surface area contributed by atoms with E-state index in [1.54, 1.807) is 23.2 Å². The van der Waals surface area contributed by atoms with Crippen LogP contribution in [0, 0.1) is 11.8 Å². The van der Waals surface area contributed by atoms with Crippen LogP contribution in [0.5, 0.6) is 0 Å². The topological polar surface area (TPSA) is 122 Å². The van der Waals surface area contributed by atoms with Crippen LogP contribution >= 0.6 is 0 Å². The molecular formula is C22H27N9O2. The van der Waals surface area contributed by atoms with Gasteiger partial charge in [0.25, 0.3) is 5.56 Å². The number of fused-ring (bicyclic) bond motifs is 2. The summed E-state index contributed by atoms with van der Waals surface area (Å²) >= 11 is 0. The lowest BCUT2D eigenvalue weighted by Crippen LogP contribution is -2.40. The number of aryl methyl sites for hydroxylation is 2. The molecule has 0 spiro atoms. The number of hydrogen-bond donors (Lipinski definition) is 1. The molecule has 3 heterocycles. The predicted octanol–water partition coefficient (Wildman–Crippen LogP) is 0.0334. The Balaban J connectivity index is 1.90. The minimum absolute atomic E-state index is 0.1000. The minimum atomic E-state index is -0.445. The number of likely N-dealkylation sites (N-methyl/N-ethyl adjacent to an activating group) is 1. The van der Waals surface area contributed by atoms with Gasteiger partial charge in [0, 0.05) is 33.7 Å². The number of nitrogens with two attached hydrogens (primary N) is 1. The lowest BCUT2D eigenvalue weighted by Gasteiger charge is -2.20. The normalized spacial score (nSPS) is 12.2. The van der Waals surface area contributed by atoms with Crippen molar-refractivity contribution in [3.05, 3.63) is 44.6 Å². The molecule has 33 heavy (non-hydrogen) atoms. The van der Waals surface area contributed by atoms with Crippen molar-refractivity contribution in [1.82, 2.24) is 33.7 Å². The van der Waals surface area contributed by atoms with Gasteiger partial charge in [-0.05, 0) is 31.5 Å². The molecule has 172 valence electrons. The Morgan fingerprint density at radius 3 is 2.67 bits per heavy atom. The molecule has 0 aliphatic heterocycles. The molecule has 0 bridgehead atoms. The molecule has 3 aromatic heterocycles. The first-order valence-corrected chi connectivity index (χ1v) is 10.6. The van der Waals surface area contributed by atoms with Crippen molar-refractivity contribution in [2.24, 2.45) is 19.8 Å². The highest BCUT2D eigenvalue weighted by molar-refractivity contribution is 5.76. The van der Waals surface area contributed by atoms with E-state index in [9.17, 15) is 9.59 Å². The van der Waals surface area contributed by atoms with Crippen LogP contribution in [0.15, 0.2) is 27.8 Å². The maximum Gasteiger partial charge on any atom is 0.332 e. The second-order valence-electron chi connectivity index (χ2n) is 8.22. The molecule has 0 saturated carbocycles. The van der Waals surface area contributed by atoms with Gasteiger partial charge in [0.05, 0.1) is 18.6 Å². The van der Waals surface area contributed by atoms with Gasteiger partial charge in [0.15, 0.2) is 11.2 Å². The van der Waals surface area contributed by atoms with E-state index in [2.05, 4.69) is 27.1 Å². The summed E-state index contributed by atoms with van der Waals surface area (Å²) in [5.41, 5.74) is 8.09. The lowest BCUT2D eigenvalue weighted by molar-refractivity contribution is 0.654. The van der Waals surface area contributed by atoms with E-state index in [-0.39, 0.29) is 19.1 Å². The number of hydrogen-bond acceptors (Lipinski definition) is 7. The van der Waals surface area contributed by atoms with Crippen molar-refractivity contribution in [2.75, 3.05) is 18.5 Å². The first-order chi connectivity index (χ1) is 15.7. The fourth-order valence-electron chi connectivity index (χ4n) is 3.98. The molecule has 0 fully saturated rings. The number of anilines is 1. The van der Waals surface area contributed by atoms with E-state index in [1.807, 2.05) is 44.1 Å². The third-order valence-electron chi connectivity index (χ3n) is 5.55. The Hall–Kier alpha value is -3.91. The summed E-state index contributed by atoms with van der Waals surface area (Å²) in [5.74, 6) is 6.41. The SMILES string of the molecule is CC#CCn1c(N(C)CC(C)N)nc2c1c(=O)n(Cc1ccc3c(c1)nnn3C)c(=O)n2C. The van der Waals surface area contributed by atoms with E-state index >= 15 is 0 Å². The number of rotatable bonds is 6. The van der Waals surface area contributed by atoms with E-state index in [0.29, 0.717) is 29.2 Å². The third-order valence-corrected chi connectivity index (χ3v) is 5.55. The molecule has 11 heteroatoms. The van der Waals surface area contributed by atoms with Gasteiger partial charge in [-0.25, -0.2) is 9.48 Å². The summed E-state index contributed by atoms with van der Waals surface area (Å²) in [6, 6.07) is 5.47. The van der Waals surface area contributed by atoms with Gasteiger partial charge < -0.3 is 10.6 Å². The van der Waals surface area contributed by atoms with Crippen LogP contribution in [-0.4, -0.2) is 53.3 Å². The molecule has 0 saturated heterocycles. The van der Waals surface area contributed by atoms with Crippen LogP contribution < -0.4 is 21.9 Å². The van der Waals surface area contributed by atoms with Crippen molar-refractivity contribution < 1.29 is 0 Å². The molecule has 1 unspecified atom stereocenters. The molecule has 4 rings (SSSR count). The smallest absolute Gasteiger partial charge is 0.332 e. The van der Waals surface area contributed by atoms with Crippen LogP contribution in [0.3, 0.4) is 0 Å². The van der Waals surface area contributed by atoms with Gasteiger partial charge in [-0.15, -0.1) is 11.0 Å². The molecular weight excluding hydrogens is 422 g/mol. The molecule has 0 radical (unpaired) electrons. The minimum Gasteiger partial charge on any atom is -0.344 e. The van der Waals surface area contributed by atoms with E-state index in [0.717, 1.165) is 11.1 Å². The van der Waals surface area contributed by atoms with Gasteiger partial charge in [0.1, 0.15) is 5.52 Å². The number of imidazole rings is 1. The van der Waals surface area contributed by atoms with Gasteiger partial charge in [-0.2, -0.15) is 4.98 Å². The van der Waals surface area contributed by atoms with E-state index in [4.69, 9.17) is 5.73 Å². The Kier molecular flexibility index (Phi) is 5.78. The van der Waals surface area contributed by atoms with Crippen LogP contribution in [0.2, 0.25) is 0 Å². The largest absolute Gasteiger partial charge is 0.344 e. The molecule has 0 amide bonds. The summed E-state index contributed by atoms with van der Waals surface area (Å²) in [5, 5.41) is 8.13. The molecule has 11 nitrogen and oxygen atoms in total. The second-order valence-corrected chi connectivity index (χ2v) is 8.22. The highest BCUT2D eigenvalue weighted by Gasteiger charge is 2.22. The first-order valence-electron chi connectivity index (χ1n) is 10.6. The van der Waals surface area contributed by atoms with Crippen molar-refractivity contribution in [3.63, 3.8) is 0 Å². The Labute approximate surface area is 190 Å². The van der Waals surface area contributed by atoms with E-state index in [1.165, 1.54) is 9.13 Å². The zero-order chi connectivity index (χ0) is 23.9. The zero-order valence-electron chi connectivity index (χ0n) is 19.4. The Morgan fingerprint density at radius 2 is 1.97 bits per heavy atom. The predicted molar refractivity (Wildman–Crippen MR) is 127 cm³/mol. The molecule has 0 aliphatic rings. The molecule has 4 aromatic rings. The summed E-state index contributed by atoms with van der Waals surface area (Å²) in [7, 11) is 5.28. The fraction of sp³-hybridized carbons (Fsp3) is 0.409. The Morgan fingerprint density at radius 1 is 1.21 bits per heavy atom. The number of aromatic nitrogens is 7. The summed E-state index contributed by atoms with van der Waals surface area (Å²) in [6.45, 7) is 4.53. The quantitative estimate of drug-likeness (QED) is 0.412. The number of benzene rings is 1. The maximum absolute atomic E-state index is 13.6. The zero-order valence-corrected chi connectivity index (χ0v) is 19.4. The maximum atomic E-state index is 13.6. The van der Waals surface area contributed by atoms with Crippen molar-refractivity contribution in [3.8, 4) is 11.8 Å². The third kappa shape index (κ3) is 3.89. The van der Waals surface area contributed by atoms with Gasteiger partial charge in [-0.3, -0.25) is 18.5 Å². The van der Waals surface area contributed by atoms with Gasteiger partial charge >= 0.3 is 5.69 Å². The Bertz CT molecular complexity index is 1530. The van der Waals surface area contributed by atoms with Crippen LogP contribution in [0.1, 0.15) is 19.4 Å². The summed E-state index contributed by atoms with van der Waals surface area (Å²) in [6.07, 6.45) is 0. The summed E-state index contributed by atoms with van der Waals surface area (Å²) < 4.78 is 6.03. The molecule has 0 aliphatic carbocycles. The summed E-state index contributed by atoms with van der Waals surface area (Å²) in [4.78, 5) is 33.2. The van der Waals surface area contributed by atoms with Crippen molar-refractivity contribution >= 4 is 28.1 Å². The van der Waals surface area contributed by atoms with Crippen molar-refractivity contribution in [1.29, 1.82) is 0 Å². The standard InChI is InChI=1S/C22H27N9O2/c1-6-7-10-30-18-19(24-21(30)27(3)12-14(2)23)28(4)22(33)31(20(18)32)13-15-8-9-17-16(11-15)25-26-29(17)5/h8-9,11,14H,10,12-13,23H2,1-5H3. The van der Waals surface area contributed by atoms with Crippen molar-refractivity contribution in [2.45, 2.75) is 33.0 Å². The lowest BCUT2D eigenvalue weighted by atomic mass is 10.2. The first kappa shape index (κ1) is 22.3. The van der Waals surface area contributed by atoms with Gasteiger partial charge in [-0.1, -0.05) is 17.2 Å². The molecule has 1 aromatic carbocycles. The van der Waals surface area contributed by atoms with Crippen LogP contribution in [0.25, 0.3) is 22.2 Å². The highest BCUT2D eigenvalue weighted by Crippen LogP contribution is 2.19. The second kappa shape index (κ2) is 8.55. The van der Waals surface area contributed by atoms with Crippen LogP contribution in [-0.2, 0) is 27.2 Å².